The summed E-state index contributed by atoms with van der Waals surface area (Å²) in [6.07, 6.45) is 1.47. The lowest BCUT2D eigenvalue weighted by Crippen LogP contribution is -1.93. The molecule has 2 aromatic heterocycles. The summed E-state index contributed by atoms with van der Waals surface area (Å²) < 4.78 is 4.66. The second kappa shape index (κ2) is 1.70. The Morgan fingerprint density at radius 2 is 2.60 bits per heavy atom. The molecule has 0 saturated heterocycles. The maximum absolute atomic E-state index is 10.5. The molecular weight excluding hydrogens is 132 g/mol. The van der Waals surface area contributed by atoms with Crippen molar-refractivity contribution in [3.63, 3.8) is 0 Å². The Bertz CT molecular complexity index is 365. The van der Waals surface area contributed by atoms with Gasteiger partial charge in [-0.25, -0.2) is 9.78 Å². The zero-order valence-corrected chi connectivity index (χ0v) is 4.92. The Morgan fingerprint density at radius 3 is 3.40 bits per heavy atom. The Balaban J connectivity index is 3.01. The molecule has 2 rings (SSSR count). The number of aromatic amines is 1. The largest absolute Gasteiger partial charge is 0.418 e. The van der Waals surface area contributed by atoms with Crippen LogP contribution in [-0.2, 0) is 0 Å². The molecular formula is C6H3N2O2. The molecule has 1 N–H and O–H groups in total. The molecule has 0 aromatic carbocycles. The number of hydrogen-bond acceptors (Lipinski definition) is 3. The van der Waals surface area contributed by atoms with Gasteiger partial charge in [-0.15, -0.1) is 0 Å². The summed E-state index contributed by atoms with van der Waals surface area (Å²) in [5, 5.41) is 0. The van der Waals surface area contributed by atoms with Crippen LogP contribution in [0.1, 0.15) is 0 Å². The number of fused-ring (bicyclic) bond motifs is 1. The molecule has 0 saturated carbocycles. The van der Waals surface area contributed by atoms with Crippen LogP contribution in [0.4, 0.5) is 0 Å². The molecule has 0 bridgehead atoms. The van der Waals surface area contributed by atoms with Crippen LogP contribution < -0.4 is 5.76 Å². The van der Waals surface area contributed by atoms with E-state index in [9.17, 15) is 4.79 Å². The number of pyridine rings is 1. The van der Waals surface area contributed by atoms with Gasteiger partial charge in [0.2, 0.25) is 0 Å². The summed E-state index contributed by atoms with van der Waals surface area (Å²) >= 11 is 0. The van der Waals surface area contributed by atoms with Crippen molar-refractivity contribution in [1.82, 2.24) is 9.97 Å². The Hall–Kier alpha value is -1.58. The lowest BCUT2D eigenvalue weighted by atomic mass is 10.5. The summed E-state index contributed by atoms with van der Waals surface area (Å²) in [7, 11) is 0. The van der Waals surface area contributed by atoms with Gasteiger partial charge in [0, 0.05) is 12.3 Å². The van der Waals surface area contributed by atoms with Gasteiger partial charge in [0.1, 0.15) is 0 Å². The number of aromatic nitrogens is 2. The molecule has 0 aliphatic carbocycles. The van der Waals surface area contributed by atoms with Crippen LogP contribution in [-0.4, -0.2) is 9.97 Å². The Morgan fingerprint density at radius 1 is 1.70 bits per heavy atom. The molecule has 0 aliphatic rings. The number of oxazole rings is 1. The molecule has 4 heteroatoms. The van der Waals surface area contributed by atoms with Crippen LogP contribution in [0.2, 0.25) is 0 Å². The number of H-pyrrole nitrogens is 1. The lowest BCUT2D eigenvalue weighted by molar-refractivity contribution is 0.555. The molecule has 0 atom stereocenters. The van der Waals surface area contributed by atoms with Gasteiger partial charge >= 0.3 is 5.76 Å². The first-order valence-electron chi connectivity index (χ1n) is 2.71. The van der Waals surface area contributed by atoms with Gasteiger partial charge in [0.25, 0.3) is 0 Å². The average molecular weight is 135 g/mol. The number of nitrogens with zero attached hydrogens (tertiary/aromatic N) is 1. The minimum atomic E-state index is -0.484. The van der Waals surface area contributed by atoms with Gasteiger partial charge in [0.15, 0.2) is 11.2 Å². The Kier molecular flexibility index (Phi) is 0.887. The lowest BCUT2D eigenvalue weighted by Gasteiger charge is -1.78. The molecule has 4 nitrogen and oxygen atoms in total. The zero-order chi connectivity index (χ0) is 6.97. The quantitative estimate of drug-likeness (QED) is 0.565. The normalized spacial score (nSPS) is 10.4. The fourth-order valence-electron chi connectivity index (χ4n) is 0.740. The van der Waals surface area contributed by atoms with Crippen molar-refractivity contribution in [2.45, 2.75) is 0 Å². The van der Waals surface area contributed by atoms with Crippen molar-refractivity contribution < 1.29 is 4.42 Å². The molecule has 2 aromatic rings. The van der Waals surface area contributed by atoms with Crippen molar-refractivity contribution in [2.75, 3.05) is 0 Å². The number of nitrogens with one attached hydrogen (secondary N) is 1. The highest BCUT2D eigenvalue weighted by molar-refractivity contribution is 5.65. The van der Waals surface area contributed by atoms with Crippen LogP contribution in [0.5, 0.6) is 0 Å². The molecule has 0 amide bonds. The zero-order valence-electron chi connectivity index (χ0n) is 4.92. The first kappa shape index (κ1) is 5.22. The van der Waals surface area contributed by atoms with Crippen molar-refractivity contribution >= 4 is 11.2 Å². The van der Waals surface area contributed by atoms with Gasteiger partial charge in [0.05, 0.1) is 0 Å². The second-order valence-corrected chi connectivity index (χ2v) is 1.80. The van der Waals surface area contributed by atoms with E-state index in [1.54, 1.807) is 6.07 Å². The van der Waals surface area contributed by atoms with Crippen LogP contribution in [0.25, 0.3) is 11.2 Å². The summed E-state index contributed by atoms with van der Waals surface area (Å²) in [6, 6.07) is 4.24. The molecule has 0 spiro atoms. The minimum absolute atomic E-state index is 0.438. The van der Waals surface area contributed by atoms with E-state index in [4.69, 9.17) is 0 Å². The third-order valence-corrected chi connectivity index (χ3v) is 1.14. The van der Waals surface area contributed by atoms with E-state index < -0.39 is 5.76 Å². The Labute approximate surface area is 55.5 Å². The highest BCUT2D eigenvalue weighted by Crippen LogP contribution is 2.02. The highest BCUT2D eigenvalue weighted by Gasteiger charge is 1.97. The van der Waals surface area contributed by atoms with Gasteiger partial charge in [-0.1, -0.05) is 0 Å². The van der Waals surface area contributed by atoms with Crippen LogP contribution in [0, 0.1) is 6.07 Å². The molecule has 10 heavy (non-hydrogen) atoms. The maximum Gasteiger partial charge on any atom is 0.418 e. The average Bonchev–Trinajstić information content (AvgIpc) is 2.27. The fraction of sp³-hybridized carbons (Fsp3) is 0. The monoisotopic (exact) mass is 135 g/mol. The van der Waals surface area contributed by atoms with E-state index in [0.717, 1.165) is 0 Å². The van der Waals surface area contributed by atoms with Gasteiger partial charge < -0.3 is 4.42 Å². The van der Waals surface area contributed by atoms with Crippen molar-refractivity contribution in [3.05, 3.63) is 28.9 Å². The third kappa shape index (κ3) is 0.621. The van der Waals surface area contributed by atoms with E-state index in [1.165, 1.54) is 6.20 Å². The molecule has 49 valence electrons. The SMILES string of the molecule is O=c1[nH]c2nc[c]cc2o1. The standard InChI is InChI=1S/C6H3N2O2/c9-6-8-5-4(10-6)2-1-3-7-5/h2-3H,(H,7,8,9). The molecule has 1 radical (unpaired) electrons. The van der Waals surface area contributed by atoms with Crippen LogP contribution >= 0.6 is 0 Å². The summed E-state index contributed by atoms with van der Waals surface area (Å²) in [6.45, 7) is 0. The third-order valence-electron chi connectivity index (χ3n) is 1.14. The van der Waals surface area contributed by atoms with Gasteiger partial charge in [-0.3, -0.25) is 4.98 Å². The second-order valence-electron chi connectivity index (χ2n) is 1.80. The van der Waals surface area contributed by atoms with Gasteiger partial charge in [-0.2, -0.15) is 0 Å². The predicted octanol–water partition coefficient (Wildman–Crippen LogP) is 0.316. The van der Waals surface area contributed by atoms with Crippen molar-refractivity contribution in [1.29, 1.82) is 0 Å². The van der Waals surface area contributed by atoms with E-state index >= 15 is 0 Å². The van der Waals surface area contributed by atoms with E-state index in [-0.39, 0.29) is 0 Å². The summed E-state index contributed by atoms with van der Waals surface area (Å²) in [4.78, 5) is 16.7. The van der Waals surface area contributed by atoms with E-state index in [1.807, 2.05) is 0 Å². The van der Waals surface area contributed by atoms with Crippen LogP contribution in [0.3, 0.4) is 0 Å². The first-order valence-corrected chi connectivity index (χ1v) is 2.71. The van der Waals surface area contributed by atoms with Crippen LogP contribution in [0.15, 0.2) is 21.5 Å². The molecule has 0 aliphatic heterocycles. The first-order chi connectivity index (χ1) is 4.86. The summed E-state index contributed by atoms with van der Waals surface area (Å²) in [5.41, 5.74) is 0.899. The van der Waals surface area contributed by atoms with Gasteiger partial charge in [-0.05, 0) is 6.07 Å². The maximum atomic E-state index is 10.5. The molecule has 0 fully saturated rings. The number of hydrogen-bond donors (Lipinski definition) is 1. The minimum Gasteiger partial charge on any atom is -0.406 e. The summed E-state index contributed by atoms with van der Waals surface area (Å²) in [5.74, 6) is -0.484. The smallest absolute Gasteiger partial charge is 0.406 e. The molecule has 0 unspecified atom stereocenters. The van der Waals surface area contributed by atoms with E-state index in [0.29, 0.717) is 11.2 Å². The fourth-order valence-corrected chi connectivity index (χ4v) is 0.740. The molecule has 2 heterocycles. The van der Waals surface area contributed by atoms with Crippen molar-refractivity contribution in [2.24, 2.45) is 0 Å². The highest BCUT2D eigenvalue weighted by atomic mass is 16.4. The topological polar surface area (TPSA) is 58.9 Å². The van der Waals surface area contributed by atoms with E-state index in [2.05, 4.69) is 20.5 Å². The van der Waals surface area contributed by atoms with Crippen molar-refractivity contribution in [3.8, 4) is 0 Å². The number of rotatable bonds is 0. The predicted molar refractivity (Wildman–Crippen MR) is 33.5 cm³/mol.